The van der Waals surface area contributed by atoms with Crippen LogP contribution in [0.2, 0.25) is 0 Å². The summed E-state index contributed by atoms with van der Waals surface area (Å²) in [5.74, 6) is 0.0185. The monoisotopic (exact) mass is 287 g/mol. The van der Waals surface area contributed by atoms with Crippen molar-refractivity contribution in [3.63, 3.8) is 0 Å². The Labute approximate surface area is 119 Å². The molecule has 0 aromatic heterocycles. The number of nitrogens with two attached hydrogens (primary N) is 2. The first kappa shape index (κ1) is 16.2. The van der Waals surface area contributed by atoms with Crippen LogP contribution in [0, 0.1) is 5.92 Å². The van der Waals surface area contributed by atoms with Gasteiger partial charge in [-0.15, -0.1) is 0 Å². The minimum absolute atomic E-state index is 0.0185. The van der Waals surface area contributed by atoms with Gasteiger partial charge in [-0.25, -0.2) is 4.39 Å². The van der Waals surface area contributed by atoms with E-state index in [2.05, 4.69) is 5.32 Å². The largest absolute Gasteiger partial charge is 0.365 e. The molecule has 0 saturated carbocycles. The Morgan fingerprint density at radius 2 is 2.05 bits per heavy atom. The van der Waals surface area contributed by atoms with Gasteiger partial charge in [0.2, 0.25) is 0 Å². The van der Waals surface area contributed by atoms with E-state index in [1.165, 1.54) is 0 Å². The Hall–Kier alpha value is -0.840. The average molecular weight is 288 g/mol. The number of rotatable bonds is 8. The van der Waals surface area contributed by atoms with Crippen molar-refractivity contribution in [2.75, 3.05) is 13.1 Å². The number of hydrogen-bond donors (Lipinski definition) is 3. The molecule has 0 aromatic rings. The van der Waals surface area contributed by atoms with Gasteiger partial charge in [-0.3, -0.25) is 0 Å². The summed E-state index contributed by atoms with van der Waals surface area (Å²) in [6.45, 7) is 0.471. The summed E-state index contributed by atoms with van der Waals surface area (Å²) in [4.78, 5) is 0. The zero-order valence-corrected chi connectivity index (χ0v) is 11.9. The topological polar surface area (TPSA) is 64.1 Å². The lowest BCUT2D eigenvalue weighted by molar-refractivity contribution is 0.231. The highest BCUT2D eigenvalue weighted by molar-refractivity contribution is 6.23. The highest BCUT2D eigenvalue weighted by Gasteiger charge is 2.30. The van der Waals surface area contributed by atoms with Crippen LogP contribution in [0.4, 0.5) is 4.39 Å². The van der Waals surface area contributed by atoms with Crippen LogP contribution in [0.3, 0.4) is 0 Å². The van der Waals surface area contributed by atoms with Crippen LogP contribution in [-0.2, 0) is 0 Å². The third kappa shape index (κ3) is 6.23. The molecule has 2 atom stereocenters. The second-order valence-corrected chi connectivity index (χ2v) is 5.43. The van der Waals surface area contributed by atoms with Crippen molar-refractivity contribution in [1.29, 1.82) is 0 Å². The van der Waals surface area contributed by atoms with Crippen molar-refractivity contribution in [2.24, 2.45) is 17.4 Å². The van der Waals surface area contributed by atoms with E-state index in [0.29, 0.717) is 6.54 Å². The quantitative estimate of drug-likeness (QED) is 0.475. The molecule has 0 amide bonds. The number of alkyl halides is 2. The van der Waals surface area contributed by atoms with Crippen LogP contribution in [0.25, 0.3) is 0 Å². The van der Waals surface area contributed by atoms with Gasteiger partial charge in [0.05, 0.1) is 0 Å². The molecule has 1 aliphatic heterocycles. The minimum Gasteiger partial charge on any atom is -0.365 e. The van der Waals surface area contributed by atoms with Crippen LogP contribution >= 0.6 is 11.6 Å². The highest BCUT2D eigenvalue weighted by atomic mass is 35.5. The van der Waals surface area contributed by atoms with Crippen LogP contribution < -0.4 is 16.8 Å². The smallest absolute Gasteiger partial charge is 0.196 e. The Kier molecular flexibility index (Phi) is 7.13. The molecule has 19 heavy (non-hydrogen) atoms. The Morgan fingerprint density at radius 1 is 1.26 bits per heavy atom. The number of unbranched alkanes of at least 4 members (excludes halogenated alkanes) is 1. The molecule has 0 fully saturated rings. The van der Waals surface area contributed by atoms with Crippen LogP contribution in [0.5, 0.6) is 0 Å². The Balaban J connectivity index is 2.70. The first-order valence-corrected chi connectivity index (χ1v) is 7.05. The van der Waals surface area contributed by atoms with E-state index in [-0.39, 0.29) is 18.9 Å². The lowest BCUT2D eigenvalue weighted by atomic mass is 9.92. The maximum Gasteiger partial charge on any atom is 0.196 e. The summed E-state index contributed by atoms with van der Waals surface area (Å²) in [5, 5.41) is 1.32. The molecule has 3 nitrogen and oxygen atoms in total. The summed E-state index contributed by atoms with van der Waals surface area (Å²) < 4.78 is 14.0. The average Bonchev–Trinajstić information content (AvgIpc) is 2.66. The van der Waals surface area contributed by atoms with E-state index < -0.39 is 5.13 Å². The third-order valence-electron chi connectivity index (χ3n) is 3.13. The van der Waals surface area contributed by atoms with E-state index in [1.807, 2.05) is 30.5 Å². The zero-order chi connectivity index (χ0) is 14.1. The first-order valence-electron chi connectivity index (χ1n) is 6.67. The molecule has 0 spiro atoms. The van der Waals surface area contributed by atoms with Crippen molar-refractivity contribution in [3.05, 3.63) is 36.2 Å². The molecule has 0 saturated heterocycles. The minimum atomic E-state index is -1.85. The summed E-state index contributed by atoms with van der Waals surface area (Å²) >= 11 is 5.78. The molecule has 5 N–H and O–H groups in total. The van der Waals surface area contributed by atoms with Gasteiger partial charge >= 0.3 is 0 Å². The maximum absolute atomic E-state index is 14.0. The van der Waals surface area contributed by atoms with Gasteiger partial charge in [-0.05, 0) is 31.5 Å². The Morgan fingerprint density at radius 3 is 2.74 bits per heavy atom. The van der Waals surface area contributed by atoms with Crippen molar-refractivity contribution >= 4 is 11.6 Å². The standard InChI is InChI=1S/C14H23ClFN3/c15-14(16,11-18)10-12(6-3-4-8-17)13-7-2-1-5-9-19-13/h1-2,5,7,9,12,19H,3-4,6,8,10-11,17-18H2. The molecule has 2 unspecified atom stereocenters. The fourth-order valence-corrected chi connectivity index (χ4v) is 2.26. The number of nitrogens with one attached hydrogen (secondary N) is 1. The van der Waals surface area contributed by atoms with Gasteiger partial charge in [0.15, 0.2) is 5.13 Å². The van der Waals surface area contributed by atoms with Gasteiger partial charge in [0, 0.05) is 30.8 Å². The van der Waals surface area contributed by atoms with E-state index in [1.54, 1.807) is 0 Å². The molecule has 0 radical (unpaired) electrons. The lowest BCUT2D eigenvalue weighted by Crippen LogP contribution is -2.31. The fourth-order valence-electron chi connectivity index (χ4n) is 2.07. The molecule has 108 valence electrons. The molecule has 0 bridgehead atoms. The molecule has 0 aliphatic carbocycles. The molecule has 1 heterocycles. The molecule has 1 rings (SSSR count). The van der Waals surface area contributed by atoms with Crippen LogP contribution in [0.15, 0.2) is 36.2 Å². The lowest BCUT2D eigenvalue weighted by Gasteiger charge is -2.25. The zero-order valence-electron chi connectivity index (χ0n) is 11.1. The van der Waals surface area contributed by atoms with Gasteiger partial charge in [-0.2, -0.15) is 0 Å². The Bertz CT molecular complexity index is 351. The summed E-state index contributed by atoms with van der Waals surface area (Å²) in [5.41, 5.74) is 11.8. The van der Waals surface area contributed by atoms with Gasteiger partial charge in [-0.1, -0.05) is 30.2 Å². The van der Waals surface area contributed by atoms with E-state index in [4.69, 9.17) is 23.1 Å². The fraction of sp³-hybridized carbons (Fsp3) is 0.571. The van der Waals surface area contributed by atoms with E-state index in [9.17, 15) is 4.39 Å². The van der Waals surface area contributed by atoms with Crippen LogP contribution in [0.1, 0.15) is 25.7 Å². The van der Waals surface area contributed by atoms with Crippen molar-refractivity contribution in [2.45, 2.75) is 30.8 Å². The van der Waals surface area contributed by atoms with Gasteiger partial charge in [0.1, 0.15) is 0 Å². The molecular formula is C14H23ClFN3. The predicted molar refractivity (Wildman–Crippen MR) is 79.3 cm³/mol. The first-order chi connectivity index (χ1) is 9.09. The van der Waals surface area contributed by atoms with Crippen molar-refractivity contribution < 1.29 is 4.39 Å². The molecule has 0 aromatic carbocycles. The summed E-state index contributed by atoms with van der Waals surface area (Å²) in [6, 6.07) is 0. The molecule has 5 heteroatoms. The number of hydrogen-bond acceptors (Lipinski definition) is 3. The van der Waals surface area contributed by atoms with Crippen LogP contribution in [-0.4, -0.2) is 18.2 Å². The number of halogens is 2. The second-order valence-electron chi connectivity index (χ2n) is 4.76. The maximum atomic E-state index is 14.0. The number of allylic oxidation sites excluding steroid dienone is 5. The van der Waals surface area contributed by atoms with Crippen molar-refractivity contribution in [3.8, 4) is 0 Å². The van der Waals surface area contributed by atoms with Crippen molar-refractivity contribution in [1.82, 2.24) is 5.32 Å². The predicted octanol–water partition coefficient (Wildman–Crippen LogP) is 2.54. The molecular weight excluding hydrogens is 265 g/mol. The highest BCUT2D eigenvalue weighted by Crippen LogP contribution is 2.31. The van der Waals surface area contributed by atoms with Gasteiger partial charge in [0.25, 0.3) is 0 Å². The summed E-state index contributed by atoms with van der Waals surface area (Å²) in [6.07, 6.45) is 12.5. The van der Waals surface area contributed by atoms with Gasteiger partial charge < -0.3 is 16.8 Å². The second kappa shape index (κ2) is 8.35. The van der Waals surface area contributed by atoms with E-state index >= 15 is 0 Å². The summed E-state index contributed by atoms with van der Waals surface area (Å²) in [7, 11) is 0. The van der Waals surface area contributed by atoms with E-state index in [0.717, 1.165) is 25.0 Å². The third-order valence-corrected chi connectivity index (χ3v) is 3.44. The SMILES string of the molecule is NCCCCC(CC(F)(Cl)CN)C1=CC=CC=CN1. The normalized spacial score (nSPS) is 19.3. The molecule has 1 aliphatic rings.